The van der Waals surface area contributed by atoms with E-state index in [0.29, 0.717) is 16.5 Å². The van der Waals surface area contributed by atoms with Gasteiger partial charge < -0.3 is 10.1 Å². The molecule has 1 amide bonds. The van der Waals surface area contributed by atoms with Crippen molar-refractivity contribution in [3.63, 3.8) is 0 Å². The van der Waals surface area contributed by atoms with Crippen LogP contribution in [0.2, 0.25) is 5.02 Å². The lowest BCUT2D eigenvalue weighted by atomic mass is 10.1. The molecule has 0 unspecified atom stereocenters. The van der Waals surface area contributed by atoms with Crippen molar-refractivity contribution in [2.45, 2.75) is 25.3 Å². The minimum atomic E-state index is -3.96. The van der Waals surface area contributed by atoms with Gasteiger partial charge in [0, 0.05) is 11.6 Å². The van der Waals surface area contributed by atoms with Crippen molar-refractivity contribution in [2.75, 3.05) is 19.0 Å². The molecule has 0 aliphatic rings. The van der Waals surface area contributed by atoms with Crippen LogP contribution in [0.4, 0.5) is 5.69 Å². The molecule has 3 aromatic carbocycles. The molecule has 0 heterocycles. The number of benzene rings is 3. The van der Waals surface area contributed by atoms with Gasteiger partial charge in [-0.1, -0.05) is 41.9 Å². The van der Waals surface area contributed by atoms with Crippen LogP contribution in [-0.2, 0) is 21.4 Å². The van der Waals surface area contributed by atoms with E-state index in [-0.39, 0.29) is 18.0 Å². The molecule has 0 fully saturated rings. The van der Waals surface area contributed by atoms with Crippen LogP contribution in [0.25, 0.3) is 0 Å². The third kappa shape index (κ3) is 5.68. The first-order chi connectivity index (χ1) is 15.2. The quantitative estimate of drug-likeness (QED) is 0.511. The summed E-state index contributed by atoms with van der Waals surface area (Å²) in [6.45, 7) is 3.48. The monoisotopic (exact) mass is 472 g/mol. The molecule has 1 N–H and O–H groups in total. The molecule has 0 spiro atoms. The minimum absolute atomic E-state index is 0.0516. The average Bonchev–Trinajstić information content (AvgIpc) is 2.75. The van der Waals surface area contributed by atoms with Crippen molar-refractivity contribution in [2.24, 2.45) is 0 Å². The first kappa shape index (κ1) is 23.8. The highest BCUT2D eigenvalue weighted by Crippen LogP contribution is 2.26. The summed E-state index contributed by atoms with van der Waals surface area (Å²) in [6.07, 6.45) is 0. The molecule has 0 bridgehead atoms. The zero-order valence-electron chi connectivity index (χ0n) is 18.1. The molecule has 3 aromatic rings. The number of carbonyl (C=O) groups excluding carboxylic acids is 1. The maximum Gasteiger partial charge on any atom is 0.243 e. The Bertz CT molecular complexity index is 1210. The molecule has 0 saturated carbocycles. The SMILES string of the molecule is COc1ccc(C)cc1NC(=O)CN(Cc1ccccc1C)S(=O)(=O)c1ccc(Cl)cc1. The molecule has 0 saturated heterocycles. The summed E-state index contributed by atoms with van der Waals surface area (Å²) in [5.41, 5.74) is 3.17. The lowest BCUT2D eigenvalue weighted by Gasteiger charge is -2.23. The molecule has 0 atom stereocenters. The number of sulfonamides is 1. The van der Waals surface area contributed by atoms with Gasteiger partial charge in [-0.25, -0.2) is 8.42 Å². The topological polar surface area (TPSA) is 75.7 Å². The highest BCUT2D eigenvalue weighted by molar-refractivity contribution is 7.89. The first-order valence-electron chi connectivity index (χ1n) is 9.95. The number of ether oxygens (including phenoxy) is 1. The molecule has 0 aliphatic carbocycles. The van der Waals surface area contributed by atoms with Crippen molar-refractivity contribution in [1.82, 2.24) is 4.31 Å². The first-order valence-corrected chi connectivity index (χ1v) is 11.8. The molecule has 3 rings (SSSR count). The zero-order chi connectivity index (χ0) is 23.3. The predicted octanol–water partition coefficient (Wildman–Crippen LogP) is 4.80. The Balaban J connectivity index is 1.92. The number of methoxy groups -OCH3 is 1. The second-order valence-electron chi connectivity index (χ2n) is 7.41. The minimum Gasteiger partial charge on any atom is -0.495 e. The van der Waals surface area contributed by atoms with E-state index in [2.05, 4.69) is 5.32 Å². The fourth-order valence-corrected chi connectivity index (χ4v) is 4.73. The van der Waals surface area contributed by atoms with E-state index in [4.69, 9.17) is 16.3 Å². The van der Waals surface area contributed by atoms with Crippen molar-refractivity contribution in [1.29, 1.82) is 0 Å². The molecule has 0 aliphatic heterocycles. The molecule has 168 valence electrons. The number of hydrogen-bond acceptors (Lipinski definition) is 4. The van der Waals surface area contributed by atoms with Crippen LogP contribution in [-0.4, -0.2) is 32.3 Å². The Morgan fingerprint density at radius 2 is 1.72 bits per heavy atom. The van der Waals surface area contributed by atoms with Gasteiger partial charge >= 0.3 is 0 Å². The van der Waals surface area contributed by atoms with Gasteiger partial charge in [-0.2, -0.15) is 4.31 Å². The van der Waals surface area contributed by atoms with Gasteiger partial charge in [0.1, 0.15) is 5.75 Å². The molecular weight excluding hydrogens is 448 g/mol. The number of aryl methyl sites for hydroxylation is 2. The summed E-state index contributed by atoms with van der Waals surface area (Å²) in [7, 11) is -2.45. The smallest absolute Gasteiger partial charge is 0.243 e. The Hall–Kier alpha value is -2.87. The Morgan fingerprint density at radius 3 is 2.38 bits per heavy atom. The van der Waals surface area contributed by atoms with E-state index in [0.717, 1.165) is 21.0 Å². The van der Waals surface area contributed by atoms with Gasteiger partial charge in [0.15, 0.2) is 0 Å². The number of anilines is 1. The molecule has 6 nitrogen and oxygen atoms in total. The lowest BCUT2D eigenvalue weighted by molar-refractivity contribution is -0.116. The number of halogens is 1. The summed E-state index contributed by atoms with van der Waals surface area (Å²) in [6, 6.07) is 18.8. The normalized spacial score (nSPS) is 11.4. The molecule has 0 aromatic heterocycles. The van der Waals surface area contributed by atoms with Crippen molar-refractivity contribution in [3.05, 3.63) is 88.4 Å². The van der Waals surface area contributed by atoms with Crippen molar-refractivity contribution >= 4 is 33.2 Å². The van der Waals surface area contributed by atoms with Crippen molar-refractivity contribution < 1.29 is 17.9 Å². The molecule has 8 heteroatoms. The average molecular weight is 473 g/mol. The Labute approximate surface area is 193 Å². The van der Waals surface area contributed by atoms with E-state index >= 15 is 0 Å². The highest BCUT2D eigenvalue weighted by atomic mass is 35.5. The number of nitrogens with zero attached hydrogens (tertiary/aromatic N) is 1. The van der Waals surface area contributed by atoms with Crippen LogP contribution in [0.3, 0.4) is 0 Å². The van der Waals surface area contributed by atoms with E-state index in [1.54, 1.807) is 12.1 Å². The molecule has 0 radical (unpaired) electrons. The van der Waals surface area contributed by atoms with Crippen LogP contribution < -0.4 is 10.1 Å². The second-order valence-corrected chi connectivity index (χ2v) is 9.78. The van der Waals surface area contributed by atoms with E-state index in [1.165, 1.54) is 31.4 Å². The lowest BCUT2D eigenvalue weighted by Crippen LogP contribution is -2.37. The number of rotatable bonds is 8. The Morgan fingerprint density at radius 1 is 1.03 bits per heavy atom. The molecular formula is C24H25ClN2O4S. The number of nitrogens with one attached hydrogen (secondary N) is 1. The van der Waals surface area contributed by atoms with Crippen LogP contribution >= 0.6 is 11.6 Å². The summed E-state index contributed by atoms with van der Waals surface area (Å²) in [5.74, 6) is 0.0231. The maximum atomic E-state index is 13.4. The third-order valence-electron chi connectivity index (χ3n) is 5.01. The predicted molar refractivity (Wildman–Crippen MR) is 127 cm³/mol. The van der Waals surface area contributed by atoms with Gasteiger partial charge in [-0.15, -0.1) is 0 Å². The third-order valence-corrected chi connectivity index (χ3v) is 7.07. The fraction of sp³-hybridized carbons (Fsp3) is 0.208. The van der Waals surface area contributed by atoms with Crippen LogP contribution in [0.15, 0.2) is 71.6 Å². The molecule has 32 heavy (non-hydrogen) atoms. The van der Waals surface area contributed by atoms with Gasteiger partial charge in [-0.3, -0.25) is 4.79 Å². The second kappa shape index (κ2) is 10.2. The summed E-state index contributed by atoms with van der Waals surface area (Å²) in [4.78, 5) is 13.0. The highest BCUT2D eigenvalue weighted by Gasteiger charge is 2.27. The maximum absolute atomic E-state index is 13.4. The van der Waals surface area contributed by atoms with Crippen molar-refractivity contribution in [3.8, 4) is 5.75 Å². The van der Waals surface area contributed by atoms with E-state index < -0.39 is 15.9 Å². The van der Waals surface area contributed by atoms with Gasteiger partial charge in [0.2, 0.25) is 15.9 Å². The van der Waals surface area contributed by atoms with Crippen LogP contribution in [0.5, 0.6) is 5.75 Å². The number of hydrogen-bond donors (Lipinski definition) is 1. The van der Waals surface area contributed by atoms with Gasteiger partial charge in [0.25, 0.3) is 0 Å². The standard InChI is InChI=1S/C24H25ClN2O4S/c1-17-8-13-23(31-3)22(14-17)26-24(28)16-27(15-19-7-5-4-6-18(19)2)32(29,30)21-11-9-20(25)10-12-21/h4-14H,15-16H2,1-3H3,(H,26,28). The van der Waals surface area contributed by atoms with Gasteiger partial charge in [-0.05, 0) is 66.9 Å². The van der Waals surface area contributed by atoms with Crippen LogP contribution in [0, 0.1) is 13.8 Å². The number of carbonyl (C=O) groups is 1. The summed E-state index contributed by atoms with van der Waals surface area (Å²) < 4.78 is 33.3. The zero-order valence-corrected chi connectivity index (χ0v) is 19.7. The number of amides is 1. The Kier molecular flexibility index (Phi) is 7.56. The summed E-state index contributed by atoms with van der Waals surface area (Å²) >= 11 is 5.92. The largest absolute Gasteiger partial charge is 0.495 e. The van der Waals surface area contributed by atoms with Crippen LogP contribution in [0.1, 0.15) is 16.7 Å². The van der Waals surface area contributed by atoms with Gasteiger partial charge in [0.05, 0.1) is 24.2 Å². The summed E-state index contributed by atoms with van der Waals surface area (Å²) in [5, 5.41) is 3.20. The van der Waals surface area contributed by atoms with E-state index in [9.17, 15) is 13.2 Å². The van der Waals surface area contributed by atoms with E-state index in [1.807, 2.05) is 44.2 Å². The fourth-order valence-electron chi connectivity index (χ4n) is 3.23.